The van der Waals surface area contributed by atoms with Crippen molar-refractivity contribution >= 4 is 96.4 Å². The molecule has 0 radical (unpaired) electrons. The maximum atomic E-state index is 5.36. The van der Waals surface area contributed by atoms with Crippen LogP contribution < -0.4 is 0 Å². The van der Waals surface area contributed by atoms with Crippen LogP contribution in [0.25, 0.3) is 114 Å². The number of rotatable bonds is 3. The molecular formula is C50H29N3S. The van der Waals surface area contributed by atoms with Gasteiger partial charge in [0.25, 0.3) is 0 Å². The smallest absolute Gasteiger partial charge is 0.235 e. The quantitative estimate of drug-likeness (QED) is 0.172. The van der Waals surface area contributed by atoms with Crippen molar-refractivity contribution in [3.63, 3.8) is 0 Å². The van der Waals surface area contributed by atoms with Crippen LogP contribution in [0.15, 0.2) is 176 Å². The van der Waals surface area contributed by atoms with Gasteiger partial charge in [0.2, 0.25) is 5.95 Å². The van der Waals surface area contributed by atoms with Crippen molar-refractivity contribution < 1.29 is 0 Å². The Balaban J connectivity index is 1.29. The van der Waals surface area contributed by atoms with Gasteiger partial charge in [0.1, 0.15) is 0 Å². The molecule has 0 aliphatic carbocycles. The van der Waals surface area contributed by atoms with E-state index < -0.39 is 0 Å². The van der Waals surface area contributed by atoms with E-state index in [-0.39, 0.29) is 0 Å². The molecule has 0 saturated heterocycles. The Kier molecular flexibility index (Phi) is 6.21. The molecule has 3 heterocycles. The minimum absolute atomic E-state index is 0.664. The topological polar surface area (TPSA) is 30.7 Å². The van der Waals surface area contributed by atoms with Crippen LogP contribution >= 0.6 is 11.3 Å². The maximum absolute atomic E-state index is 5.36. The van der Waals surface area contributed by atoms with E-state index in [1.54, 1.807) is 0 Å². The number of hydrogen-bond acceptors (Lipinski definition) is 3. The summed E-state index contributed by atoms with van der Waals surface area (Å²) in [6.45, 7) is 0. The lowest BCUT2D eigenvalue weighted by molar-refractivity contribution is 0.998. The average Bonchev–Trinajstić information content (AvgIpc) is 3.81. The molecule has 0 atom stereocenters. The van der Waals surface area contributed by atoms with Gasteiger partial charge in [0.05, 0.1) is 27.1 Å². The fourth-order valence-corrected chi connectivity index (χ4v) is 10.3. The van der Waals surface area contributed by atoms with Gasteiger partial charge in [-0.05, 0) is 49.8 Å². The Morgan fingerprint density at radius 1 is 0.352 bits per heavy atom. The van der Waals surface area contributed by atoms with Gasteiger partial charge in [0, 0.05) is 42.8 Å². The van der Waals surface area contributed by atoms with E-state index in [4.69, 9.17) is 9.97 Å². The molecule has 12 rings (SSSR count). The Bertz CT molecular complexity index is 3430. The molecule has 3 nitrogen and oxygen atoms in total. The number of aromatic nitrogens is 3. The summed E-state index contributed by atoms with van der Waals surface area (Å²) in [7, 11) is 0. The van der Waals surface area contributed by atoms with E-state index in [1.165, 1.54) is 74.0 Å². The first-order valence-electron chi connectivity index (χ1n) is 18.3. The van der Waals surface area contributed by atoms with Gasteiger partial charge >= 0.3 is 0 Å². The number of nitrogens with zero attached hydrogens (tertiary/aromatic N) is 3. The van der Waals surface area contributed by atoms with E-state index in [2.05, 4.69) is 168 Å². The molecule has 0 saturated carbocycles. The van der Waals surface area contributed by atoms with E-state index >= 15 is 0 Å². The summed E-state index contributed by atoms with van der Waals surface area (Å²) in [4.78, 5) is 10.7. The van der Waals surface area contributed by atoms with Crippen LogP contribution in [0, 0.1) is 0 Å². The third-order valence-electron chi connectivity index (χ3n) is 11.2. The van der Waals surface area contributed by atoms with Gasteiger partial charge in [-0.15, -0.1) is 11.3 Å². The number of hydrogen-bond donors (Lipinski definition) is 0. The summed E-state index contributed by atoms with van der Waals surface area (Å²) in [6.07, 6.45) is 0. The zero-order chi connectivity index (χ0) is 35.3. The van der Waals surface area contributed by atoms with E-state index in [0.717, 1.165) is 33.5 Å². The van der Waals surface area contributed by atoms with Crippen LogP contribution in [0.2, 0.25) is 0 Å². The molecule has 0 fully saturated rings. The van der Waals surface area contributed by atoms with Crippen molar-refractivity contribution in [3.05, 3.63) is 176 Å². The van der Waals surface area contributed by atoms with Gasteiger partial charge in [-0.25, -0.2) is 9.97 Å². The molecule has 4 heteroatoms. The second-order valence-corrected chi connectivity index (χ2v) is 15.1. The zero-order valence-electron chi connectivity index (χ0n) is 29.0. The summed E-state index contributed by atoms with van der Waals surface area (Å²) < 4.78 is 4.87. The highest BCUT2D eigenvalue weighted by Gasteiger charge is 2.24. The average molecular weight is 704 g/mol. The van der Waals surface area contributed by atoms with Crippen molar-refractivity contribution in [2.75, 3.05) is 0 Å². The van der Waals surface area contributed by atoms with Crippen molar-refractivity contribution in [3.8, 4) is 28.5 Å². The molecule has 0 spiro atoms. The highest BCUT2D eigenvalue weighted by molar-refractivity contribution is 7.28. The van der Waals surface area contributed by atoms with Crippen molar-refractivity contribution in [2.45, 2.75) is 0 Å². The van der Waals surface area contributed by atoms with E-state index in [1.807, 2.05) is 23.5 Å². The normalized spacial score (nSPS) is 12.1. The maximum Gasteiger partial charge on any atom is 0.235 e. The molecule has 0 aliphatic heterocycles. The van der Waals surface area contributed by atoms with Crippen LogP contribution in [-0.4, -0.2) is 14.5 Å². The second kappa shape index (κ2) is 11.3. The van der Waals surface area contributed by atoms with Crippen LogP contribution in [0.3, 0.4) is 0 Å². The van der Waals surface area contributed by atoms with Crippen molar-refractivity contribution in [2.24, 2.45) is 0 Å². The highest BCUT2D eigenvalue weighted by Crippen LogP contribution is 2.51. The van der Waals surface area contributed by atoms with Crippen LogP contribution in [0.5, 0.6) is 0 Å². The molecule has 54 heavy (non-hydrogen) atoms. The second-order valence-electron chi connectivity index (χ2n) is 14.1. The Morgan fingerprint density at radius 2 is 0.815 bits per heavy atom. The van der Waals surface area contributed by atoms with Crippen LogP contribution in [-0.2, 0) is 0 Å². The summed E-state index contributed by atoms with van der Waals surface area (Å²) in [5.41, 5.74) is 6.13. The third kappa shape index (κ3) is 4.11. The first-order chi connectivity index (χ1) is 26.8. The molecule has 0 N–H and O–H groups in total. The van der Waals surface area contributed by atoms with Gasteiger partial charge in [-0.2, -0.15) is 0 Å². The summed E-state index contributed by atoms with van der Waals surface area (Å²) in [5.74, 6) is 0.664. The van der Waals surface area contributed by atoms with Gasteiger partial charge < -0.3 is 0 Å². The standard InChI is InChI=1S/C50H29N3S/c1-3-15-30(16-4-1)41-29-42(31-17-5-2-6-18-31)52-50(51-41)53-43-26-14-13-21-34(43)39-27-28-40-45-38-25-12-11-24-37(38)44-35-22-9-7-19-32(35)33-20-8-10-23-36(33)46(44)49(45)54-48(40)47(39)53/h1-29H. The Labute approximate surface area is 314 Å². The number of benzene rings is 9. The minimum Gasteiger partial charge on any atom is -0.276 e. The molecule has 12 aromatic rings. The van der Waals surface area contributed by atoms with Crippen LogP contribution in [0.4, 0.5) is 0 Å². The van der Waals surface area contributed by atoms with Gasteiger partial charge in [0.15, 0.2) is 0 Å². The lowest BCUT2D eigenvalue weighted by Gasteiger charge is -2.14. The lowest BCUT2D eigenvalue weighted by Crippen LogP contribution is -2.04. The molecule has 0 aliphatic rings. The summed E-state index contributed by atoms with van der Waals surface area (Å²) in [6, 6.07) is 63.2. The van der Waals surface area contributed by atoms with Gasteiger partial charge in [-0.3, -0.25) is 4.57 Å². The third-order valence-corrected chi connectivity index (χ3v) is 12.4. The fraction of sp³-hybridized carbons (Fsp3) is 0. The molecule has 9 aromatic carbocycles. The summed E-state index contributed by atoms with van der Waals surface area (Å²) in [5, 5.41) is 15.3. The van der Waals surface area contributed by atoms with Gasteiger partial charge in [-0.1, -0.05) is 164 Å². The first-order valence-corrected chi connectivity index (χ1v) is 19.2. The molecule has 250 valence electrons. The largest absolute Gasteiger partial charge is 0.276 e. The SMILES string of the molecule is c1ccc(-c2cc(-c3ccccc3)nc(-n3c4ccccc4c4ccc5c(sc6c5c5ccccc5c5c7ccccc7c7ccccc7c65)c43)n2)cc1. The lowest BCUT2D eigenvalue weighted by atomic mass is 9.89. The highest BCUT2D eigenvalue weighted by atomic mass is 32.1. The number of para-hydroxylation sites is 1. The minimum atomic E-state index is 0.664. The monoisotopic (exact) mass is 703 g/mol. The molecule has 0 unspecified atom stereocenters. The molecule has 3 aromatic heterocycles. The Morgan fingerprint density at radius 3 is 1.43 bits per heavy atom. The number of fused-ring (bicyclic) bond motifs is 17. The molecular weight excluding hydrogens is 675 g/mol. The zero-order valence-corrected chi connectivity index (χ0v) is 29.8. The van der Waals surface area contributed by atoms with E-state index in [0.29, 0.717) is 5.95 Å². The predicted octanol–water partition coefficient (Wildman–Crippen LogP) is 13.9. The van der Waals surface area contributed by atoms with Crippen molar-refractivity contribution in [1.82, 2.24) is 14.5 Å². The summed E-state index contributed by atoms with van der Waals surface area (Å²) >= 11 is 1.91. The Hall–Kier alpha value is -6.88. The fourth-order valence-electron chi connectivity index (χ4n) is 8.88. The van der Waals surface area contributed by atoms with Crippen LogP contribution in [0.1, 0.15) is 0 Å². The van der Waals surface area contributed by atoms with Crippen molar-refractivity contribution in [1.29, 1.82) is 0 Å². The van der Waals surface area contributed by atoms with E-state index in [9.17, 15) is 0 Å². The number of thiophene rings is 1. The molecule has 0 amide bonds. The first kappa shape index (κ1) is 29.7. The molecule has 0 bridgehead atoms. The predicted molar refractivity (Wildman–Crippen MR) is 230 cm³/mol.